The number of fused-ring (bicyclic) bond motifs is 1. The van der Waals surface area contributed by atoms with Crippen molar-refractivity contribution >= 4 is 10.9 Å². The molecule has 0 fully saturated rings. The van der Waals surface area contributed by atoms with Gasteiger partial charge in [0.25, 0.3) is 0 Å². The summed E-state index contributed by atoms with van der Waals surface area (Å²) < 4.78 is 2.32. The van der Waals surface area contributed by atoms with Crippen LogP contribution in [0.2, 0.25) is 0 Å². The molecule has 1 heteroatoms. The third kappa shape index (κ3) is 2.44. The van der Waals surface area contributed by atoms with Crippen LogP contribution in [-0.4, -0.2) is 0 Å². The van der Waals surface area contributed by atoms with Crippen molar-refractivity contribution in [2.24, 2.45) is 7.05 Å². The maximum atomic E-state index is 2.37. The van der Waals surface area contributed by atoms with Gasteiger partial charge in [0.2, 0.25) is 11.2 Å². The van der Waals surface area contributed by atoms with Gasteiger partial charge < -0.3 is 0 Å². The Kier molecular flexibility index (Phi) is 3.74. The van der Waals surface area contributed by atoms with E-state index in [4.69, 9.17) is 0 Å². The largest absolute Gasteiger partial charge is 0.213 e. The minimum absolute atomic E-state index is 1.13. The molecule has 0 radical (unpaired) electrons. The van der Waals surface area contributed by atoms with Crippen molar-refractivity contribution < 1.29 is 4.57 Å². The van der Waals surface area contributed by atoms with Crippen LogP contribution in [0.1, 0.15) is 24.5 Å². The van der Waals surface area contributed by atoms with Crippen LogP contribution >= 0.6 is 0 Å². The molecule has 0 aliphatic rings. The number of nitrogens with zero attached hydrogens (tertiary/aromatic N) is 1. The van der Waals surface area contributed by atoms with Gasteiger partial charge in [-0.2, -0.15) is 4.57 Å². The summed E-state index contributed by atoms with van der Waals surface area (Å²) in [5, 5.41) is 1.37. The van der Waals surface area contributed by atoms with E-state index in [1.54, 1.807) is 0 Å². The second-order valence-corrected chi connectivity index (χ2v) is 5.70. The second kappa shape index (κ2) is 5.69. The molecule has 0 saturated heterocycles. The molecule has 0 atom stereocenters. The summed E-state index contributed by atoms with van der Waals surface area (Å²) in [6, 6.07) is 19.7. The number of para-hydroxylation sites is 1. The topological polar surface area (TPSA) is 3.88 Å². The van der Waals surface area contributed by atoms with Crippen molar-refractivity contribution in [2.75, 3.05) is 0 Å². The number of hydrogen-bond donors (Lipinski definition) is 0. The average molecular weight is 276 g/mol. The highest BCUT2D eigenvalue weighted by atomic mass is 14.9. The Hall–Kier alpha value is -2.15. The fourth-order valence-electron chi connectivity index (χ4n) is 3.10. The van der Waals surface area contributed by atoms with E-state index in [1.807, 2.05) is 0 Å². The quantitative estimate of drug-likeness (QED) is 0.616. The summed E-state index contributed by atoms with van der Waals surface area (Å²) in [5.41, 5.74) is 6.70. The van der Waals surface area contributed by atoms with Crippen LogP contribution in [0.3, 0.4) is 0 Å². The molecule has 0 aliphatic carbocycles. The smallest absolute Gasteiger partial charge is 0.194 e. The summed E-state index contributed by atoms with van der Waals surface area (Å²) >= 11 is 0. The Balaban J connectivity index is 2.33. The lowest BCUT2D eigenvalue weighted by atomic mass is 9.98. The molecule has 0 aliphatic heterocycles. The molecule has 0 unspecified atom stereocenters. The predicted octanol–water partition coefficient (Wildman–Crippen LogP) is 4.59. The molecule has 21 heavy (non-hydrogen) atoms. The van der Waals surface area contributed by atoms with Crippen molar-refractivity contribution in [3.63, 3.8) is 0 Å². The molecule has 1 aromatic heterocycles. The lowest BCUT2D eigenvalue weighted by molar-refractivity contribution is -0.633. The first-order valence-corrected chi connectivity index (χ1v) is 7.69. The van der Waals surface area contributed by atoms with Gasteiger partial charge in [-0.05, 0) is 36.6 Å². The highest BCUT2D eigenvalue weighted by Gasteiger charge is 2.18. The summed E-state index contributed by atoms with van der Waals surface area (Å²) in [6.45, 7) is 4.43. The van der Waals surface area contributed by atoms with Gasteiger partial charge in [-0.25, -0.2) is 0 Å². The van der Waals surface area contributed by atoms with E-state index < -0.39 is 0 Å². The zero-order valence-corrected chi connectivity index (χ0v) is 13.1. The third-order valence-electron chi connectivity index (χ3n) is 4.22. The number of hydrogen-bond acceptors (Lipinski definition) is 0. The van der Waals surface area contributed by atoms with Gasteiger partial charge in [0.1, 0.15) is 7.05 Å². The van der Waals surface area contributed by atoms with Crippen molar-refractivity contribution in [3.05, 3.63) is 65.7 Å². The molecule has 0 N–H and O–H groups in total. The number of pyridine rings is 1. The Labute approximate surface area is 126 Å². The Morgan fingerprint density at radius 1 is 0.952 bits per heavy atom. The SMILES string of the molecule is CCCc1cc(-c2ccccc2C)[n+](C)c2ccccc12. The minimum Gasteiger partial charge on any atom is -0.194 e. The molecule has 3 rings (SSSR count). The summed E-state index contributed by atoms with van der Waals surface area (Å²) in [7, 11) is 2.17. The first kappa shape index (κ1) is 13.8. The van der Waals surface area contributed by atoms with Gasteiger partial charge in [0.15, 0.2) is 0 Å². The van der Waals surface area contributed by atoms with E-state index in [-0.39, 0.29) is 0 Å². The predicted molar refractivity (Wildman–Crippen MR) is 89.3 cm³/mol. The fourth-order valence-corrected chi connectivity index (χ4v) is 3.10. The summed E-state index contributed by atoms with van der Waals surface area (Å²) in [5.74, 6) is 0. The molecule has 0 amide bonds. The highest BCUT2D eigenvalue weighted by molar-refractivity contribution is 5.81. The molecule has 0 spiro atoms. The van der Waals surface area contributed by atoms with Crippen LogP contribution in [0.5, 0.6) is 0 Å². The second-order valence-electron chi connectivity index (χ2n) is 5.70. The van der Waals surface area contributed by atoms with E-state index >= 15 is 0 Å². The van der Waals surface area contributed by atoms with Gasteiger partial charge >= 0.3 is 0 Å². The minimum atomic E-state index is 1.13. The number of benzene rings is 2. The molecule has 106 valence electrons. The average Bonchev–Trinajstić information content (AvgIpc) is 2.51. The van der Waals surface area contributed by atoms with E-state index in [2.05, 4.69) is 80.1 Å². The monoisotopic (exact) mass is 276 g/mol. The van der Waals surface area contributed by atoms with Crippen molar-refractivity contribution in [2.45, 2.75) is 26.7 Å². The Bertz CT molecular complexity index is 787. The normalized spacial score (nSPS) is 11.0. The molecule has 1 nitrogen and oxygen atoms in total. The number of aryl methyl sites for hydroxylation is 3. The zero-order chi connectivity index (χ0) is 14.8. The van der Waals surface area contributed by atoms with Gasteiger partial charge in [0, 0.05) is 23.1 Å². The van der Waals surface area contributed by atoms with Crippen LogP contribution in [0.25, 0.3) is 22.2 Å². The lowest BCUT2D eigenvalue weighted by Crippen LogP contribution is -2.32. The van der Waals surface area contributed by atoms with Crippen molar-refractivity contribution in [1.29, 1.82) is 0 Å². The molecular weight excluding hydrogens is 254 g/mol. The highest BCUT2D eigenvalue weighted by Crippen LogP contribution is 2.26. The molecule has 1 heterocycles. The molecule has 3 aromatic rings. The third-order valence-corrected chi connectivity index (χ3v) is 4.22. The molecule has 2 aromatic carbocycles. The molecule has 0 saturated carbocycles. The van der Waals surface area contributed by atoms with Gasteiger partial charge in [0.05, 0.1) is 0 Å². The fraction of sp³-hybridized carbons (Fsp3) is 0.250. The van der Waals surface area contributed by atoms with E-state index in [9.17, 15) is 0 Å². The van der Waals surface area contributed by atoms with Crippen molar-refractivity contribution in [1.82, 2.24) is 0 Å². The summed E-state index contributed by atoms with van der Waals surface area (Å²) in [6.07, 6.45) is 2.30. The maximum Gasteiger partial charge on any atom is 0.213 e. The lowest BCUT2D eigenvalue weighted by Gasteiger charge is -2.10. The maximum absolute atomic E-state index is 2.37. The zero-order valence-electron chi connectivity index (χ0n) is 13.1. The summed E-state index contributed by atoms with van der Waals surface area (Å²) in [4.78, 5) is 0. The van der Waals surface area contributed by atoms with Gasteiger partial charge in [-0.3, -0.25) is 0 Å². The molecular formula is C20H22N+. The van der Waals surface area contributed by atoms with Gasteiger partial charge in [-0.1, -0.05) is 43.7 Å². The Morgan fingerprint density at radius 2 is 1.67 bits per heavy atom. The van der Waals surface area contributed by atoms with Crippen LogP contribution in [-0.2, 0) is 13.5 Å². The first-order chi connectivity index (χ1) is 10.2. The van der Waals surface area contributed by atoms with E-state index in [0.29, 0.717) is 0 Å². The van der Waals surface area contributed by atoms with Crippen LogP contribution in [0.4, 0.5) is 0 Å². The van der Waals surface area contributed by atoms with Crippen LogP contribution < -0.4 is 4.57 Å². The van der Waals surface area contributed by atoms with E-state index in [1.165, 1.54) is 39.7 Å². The standard InChI is InChI=1S/C20H22N/c1-4-9-16-14-20(17-11-6-5-10-15(17)2)21(3)19-13-8-7-12-18(16)19/h5-8,10-14H,4,9H2,1-3H3/q+1. The first-order valence-electron chi connectivity index (χ1n) is 7.69. The van der Waals surface area contributed by atoms with Crippen LogP contribution in [0, 0.1) is 6.92 Å². The van der Waals surface area contributed by atoms with E-state index in [0.717, 1.165) is 6.42 Å². The number of rotatable bonds is 3. The van der Waals surface area contributed by atoms with Gasteiger partial charge in [-0.15, -0.1) is 0 Å². The Morgan fingerprint density at radius 3 is 2.43 bits per heavy atom. The van der Waals surface area contributed by atoms with Crippen LogP contribution in [0.15, 0.2) is 54.6 Å². The number of aromatic nitrogens is 1. The van der Waals surface area contributed by atoms with Crippen molar-refractivity contribution in [3.8, 4) is 11.3 Å². The molecule has 0 bridgehead atoms.